The largest absolute Gasteiger partial charge is 1.00 e. The molecule has 1 aromatic rings. The average molecular weight is 543 g/mol. The van der Waals surface area contributed by atoms with Crippen LogP contribution in [0.15, 0.2) is 18.2 Å². The second kappa shape index (κ2) is 11.7. The third-order valence-electron chi connectivity index (χ3n) is 8.05. The molecular formula is C23H32Cl2NNaO6P+. The van der Waals surface area contributed by atoms with Gasteiger partial charge in [0, 0.05) is 24.8 Å². The van der Waals surface area contributed by atoms with Gasteiger partial charge in [-0.2, -0.15) is 0 Å². The predicted molar refractivity (Wildman–Crippen MR) is 127 cm³/mol. The number of nitrogens with zero attached hydrogens (tertiary/aromatic N) is 1. The quantitative estimate of drug-likeness (QED) is 0.312. The summed E-state index contributed by atoms with van der Waals surface area (Å²) in [5.41, 5.74) is 2.32. The molecule has 2 fully saturated rings. The van der Waals surface area contributed by atoms with Crippen molar-refractivity contribution in [2.75, 3.05) is 24.8 Å². The molecule has 0 radical (unpaired) electrons. The Morgan fingerprint density at radius 2 is 1.88 bits per heavy atom. The van der Waals surface area contributed by atoms with Gasteiger partial charge >= 0.3 is 43.5 Å². The van der Waals surface area contributed by atoms with E-state index in [0.29, 0.717) is 54.8 Å². The average Bonchev–Trinajstić information content (AvgIpc) is 3.08. The molecule has 3 aliphatic carbocycles. The first-order valence-electron chi connectivity index (χ1n) is 11.6. The summed E-state index contributed by atoms with van der Waals surface area (Å²) in [5, 5.41) is 0. The van der Waals surface area contributed by atoms with E-state index >= 15 is 0 Å². The number of amides is 1. The number of alkyl halides is 2. The number of aryl methyl sites for hydroxylation is 1. The van der Waals surface area contributed by atoms with E-state index in [1.165, 1.54) is 16.0 Å². The van der Waals surface area contributed by atoms with Crippen LogP contribution in [-0.4, -0.2) is 51.7 Å². The number of hydrogen-bond acceptors (Lipinski definition) is 4. The molecule has 2 N–H and O–H groups in total. The molecular weight excluding hydrogens is 511 g/mol. The Bertz CT molecular complexity index is 927. The summed E-state index contributed by atoms with van der Waals surface area (Å²) < 4.78 is 22.3. The van der Waals surface area contributed by atoms with E-state index in [1.807, 2.05) is 12.1 Å². The molecule has 11 heteroatoms. The predicted octanol–water partition coefficient (Wildman–Crippen LogP) is 2.30. The van der Waals surface area contributed by atoms with Crippen LogP contribution < -0.4 is 34.3 Å². The molecule has 0 spiro atoms. The summed E-state index contributed by atoms with van der Waals surface area (Å²) in [7, 11) is -4.50. The molecule has 5 atom stereocenters. The standard InChI is InChI=1S/C23H32Cl2NO6P.Na/c1-23-9-8-18-17-5-3-16(31-22(27)26(12-10-24)13-11-25)14-15(17)2-4-19(18)20(23)6-7-21(23)32-33(28,29)30;/h3,5,14,18-21H,2,4,6-13H2,1H3,(H2,28,29,30);/q;+1/t18-,19-,20+,21+,23+;/m1./s1. The van der Waals surface area contributed by atoms with Crippen molar-refractivity contribution in [1.82, 2.24) is 4.90 Å². The molecule has 0 bridgehead atoms. The van der Waals surface area contributed by atoms with E-state index in [0.717, 1.165) is 32.1 Å². The third-order valence-corrected chi connectivity index (χ3v) is 8.91. The van der Waals surface area contributed by atoms with E-state index in [2.05, 4.69) is 13.0 Å². The van der Waals surface area contributed by atoms with E-state index in [9.17, 15) is 19.1 Å². The molecule has 7 nitrogen and oxygen atoms in total. The van der Waals surface area contributed by atoms with Crippen LogP contribution >= 0.6 is 31.0 Å². The molecule has 0 aromatic heterocycles. The monoisotopic (exact) mass is 542 g/mol. The van der Waals surface area contributed by atoms with Gasteiger partial charge in [-0.1, -0.05) is 13.0 Å². The Hall–Kier alpha value is 0.180. The second-order valence-electron chi connectivity index (χ2n) is 9.72. The number of carbonyl (C=O) groups is 1. The molecule has 2 saturated carbocycles. The van der Waals surface area contributed by atoms with Crippen molar-refractivity contribution < 1.29 is 58.0 Å². The minimum absolute atomic E-state index is 0. The Kier molecular flexibility index (Phi) is 9.90. The number of ether oxygens (including phenoxy) is 1. The van der Waals surface area contributed by atoms with Crippen molar-refractivity contribution in [3.63, 3.8) is 0 Å². The first kappa shape index (κ1) is 28.7. The SMILES string of the molecule is C[C@]12CC[C@@H]3c4ccc(OC(=O)N(CCCl)CCCl)cc4CC[C@H]3[C@@H]1CC[C@@H]2OP(=O)(O)O.[Na+]. The summed E-state index contributed by atoms with van der Waals surface area (Å²) >= 11 is 11.6. The van der Waals surface area contributed by atoms with Gasteiger partial charge in [0.1, 0.15) is 5.75 Å². The summed E-state index contributed by atoms with van der Waals surface area (Å²) in [5.74, 6) is 2.44. The zero-order chi connectivity index (χ0) is 23.8. The molecule has 34 heavy (non-hydrogen) atoms. The van der Waals surface area contributed by atoms with Gasteiger partial charge in [0.05, 0.1) is 6.10 Å². The summed E-state index contributed by atoms with van der Waals surface area (Å²) in [6.07, 6.45) is 4.55. The van der Waals surface area contributed by atoms with Gasteiger partial charge < -0.3 is 19.4 Å². The Labute approximate surface area is 233 Å². The van der Waals surface area contributed by atoms with Gasteiger partial charge in [-0.25, -0.2) is 9.36 Å². The molecule has 1 aromatic carbocycles. The Balaban J connectivity index is 0.00000324. The van der Waals surface area contributed by atoms with Crippen LogP contribution in [0.3, 0.4) is 0 Å². The Morgan fingerprint density at radius 3 is 2.53 bits per heavy atom. The van der Waals surface area contributed by atoms with Crippen LogP contribution in [0.5, 0.6) is 5.75 Å². The van der Waals surface area contributed by atoms with Crippen LogP contribution in [0.4, 0.5) is 4.79 Å². The number of carbonyl (C=O) groups excluding carboxylic acids is 1. The maximum atomic E-state index is 12.5. The molecule has 0 saturated heterocycles. The zero-order valence-corrected chi connectivity index (χ0v) is 24.2. The topological polar surface area (TPSA) is 96.3 Å². The molecule has 3 aliphatic rings. The number of halogens is 2. The number of hydrogen-bond donors (Lipinski definition) is 2. The fraction of sp³-hybridized carbons (Fsp3) is 0.696. The van der Waals surface area contributed by atoms with Crippen molar-refractivity contribution in [2.24, 2.45) is 17.3 Å². The van der Waals surface area contributed by atoms with Crippen molar-refractivity contribution in [3.8, 4) is 5.75 Å². The molecule has 0 aliphatic heterocycles. The van der Waals surface area contributed by atoms with E-state index in [4.69, 9.17) is 32.5 Å². The van der Waals surface area contributed by atoms with Gasteiger partial charge in [0.25, 0.3) is 0 Å². The van der Waals surface area contributed by atoms with Gasteiger partial charge in [0.2, 0.25) is 0 Å². The zero-order valence-electron chi connectivity index (χ0n) is 19.8. The minimum Gasteiger partial charge on any atom is -0.410 e. The van der Waals surface area contributed by atoms with E-state index < -0.39 is 20.0 Å². The number of phosphoric acid groups is 1. The second-order valence-corrected chi connectivity index (χ2v) is 11.7. The van der Waals surface area contributed by atoms with Crippen LogP contribution in [0, 0.1) is 17.3 Å². The number of rotatable bonds is 7. The fourth-order valence-electron chi connectivity index (χ4n) is 6.58. The number of fused-ring (bicyclic) bond motifs is 5. The molecule has 0 unspecified atom stereocenters. The van der Waals surface area contributed by atoms with Crippen LogP contribution in [-0.2, 0) is 15.5 Å². The van der Waals surface area contributed by atoms with Crippen LogP contribution in [0.2, 0.25) is 0 Å². The van der Waals surface area contributed by atoms with Crippen LogP contribution in [0.25, 0.3) is 0 Å². The van der Waals surface area contributed by atoms with Gasteiger partial charge in [-0.3, -0.25) is 4.52 Å². The maximum absolute atomic E-state index is 12.5. The molecule has 1 amide bonds. The van der Waals surface area contributed by atoms with E-state index in [-0.39, 0.29) is 35.0 Å². The molecule has 0 heterocycles. The van der Waals surface area contributed by atoms with E-state index in [1.54, 1.807) is 0 Å². The third kappa shape index (κ3) is 6.00. The smallest absolute Gasteiger partial charge is 0.410 e. The first-order valence-corrected chi connectivity index (χ1v) is 14.2. The maximum Gasteiger partial charge on any atom is 1.00 e. The first-order chi connectivity index (χ1) is 15.7. The summed E-state index contributed by atoms with van der Waals surface area (Å²) in [6.45, 7) is 2.91. The van der Waals surface area contributed by atoms with Crippen molar-refractivity contribution in [3.05, 3.63) is 29.3 Å². The molecule has 184 valence electrons. The van der Waals surface area contributed by atoms with Crippen molar-refractivity contribution in [1.29, 1.82) is 0 Å². The van der Waals surface area contributed by atoms with Crippen molar-refractivity contribution in [2.45, 2.75) is 57.5 Å². The van der Waals surface area contributed by atoms with Gasteiger partial charge in [0.15, 0.2) is 0 Å². The van der Waals surface area contributed by atoms with Crippen molar-refractivity contribution >= 4 is 37.1 Å². The fourth-order valence-corrected chi connectivity index (χ4v) is 7.66. The number of benzene rings is 1. The normalized spacial score (nSPS) is 29.9. The van der Waals surface area contributed by atoms with Gasteiger partial charge in [-0.15, -0.1) is 23.2 Å². The van der Waals surface area contributed by atoms with Crippen LogP contribution in [0.1, 0.15) is 56.1 Å². The number of phosphoric ester groups is 1. The minimum atomic E-state index is -4.50. The van der Waals surface area contributed by atoms with Gasteiger partial charge in [-0.05, 0) is 85.0 Å². The summed E-state index contributed by atoms with van der Waals surface area (Å²) in [4.78, 5) is 32.7. The summed E-state index contributed by atoms with van der Waals surface area (Å²) in [6, 6.07) is 5.93. The Morgan fingerprint density at radius 1 is 1.18 bits per heavy atom. The molecule has 4 rings (SSSR count).